The van der Waals surface area contributed by atoms with Crippen LogP contribution in [-0.4, -0.2) is 79.5 Å². The molecule has 23 heteroatoms. The van der Waals surface area contributed by atoms with Crippen molar-refractivity contribution in [2.24, 2.45) is 0 Å². The highest BCUT2D eigenvalue weighted by atomic mass is 32.0. The monoisotopic (exact) mass is 742 g/mol. The maximum Gasteiger partial charge on any atom is 0.189 e. The van der Waals surface area contributed by atoms with E-state index in [1.165, 1.54) is 0 Å². The minimum absolute atomic E-state index is 0.0523. The molecule has 2 heterocycles. The van der Waals surface area contributed by atoms with Gasteiger partial charge in [0.1, 0.15) is 48.8 Å². The van der Waals surface area contributed by atoms with E-state index in [1.807, 2.05) is 16.4 Å². The third-order valence-corrected chi connectivity index (χ3v) is 9.50. The van der Waals surface area contributed by atoms with E-state index in [0.29, 0.717) is 40.6 Å². The highest BCUT2D eigenvalue weighted by Crippen LogP contribution is 2.41. The molecule has 0 bridgehead atoms. The number of aliphatic hydroxyl groups excluding tert-OH is 1. The predicted octanol–water partition coefficient (Wildman–Crippen LogP) is 3.52. The normalized spacial score (nSPS) is 38.2. The first-order valence-electron chi connectivity index (χ1n) is 10.2. The smallest absolute Gasteiger partial charge is 0.189 e. The lowest BCUT2D eigenvalue weighted by Crippen LogP contribution is -2.59. The molecule has 11 nitrogen and oxygen atoms in total. The van der Waals surface area contributed by atoms with Gasteiger partial charge in [0.25, 0.3) is 0 Å². The zero-order valence-corrected chi connectivity index (χ0v) is 32.6. The summed E-state index contributed by atoms with van der Waals surface area (Å²) in [6.45, 7) is 2.79. The second-order valence-corrected chi connectivity index (χ2v) is 13.0. The Morgan fingerprint density at radius 3 is 1.72 bits per heavy atom. The molecule has 0 saturated carbocycles. The second kappa shape index (κ2) is 23.1. The summed E-state index contributed by atoms with van der Waals surface area (Å²) >= 11 is 0. The molecular weight excluding hydrogens is 704 g/mol. The first-order chi connectivity index (χ1) is 17.4. The molecule has 36 heavy (non-hydrogen) atoms. The van der Waals surface area contributed by atoms with Crippen LogP contribution in [0.3, 0.4) is 0 Å². The standard InChI is InChI=1S/C7H22O5P8.C6H16O6P4/c1-3-5(10-18-14)7(12-20-16)6(11-19-15)4(9-3)2-8-17-13;7-3-5(11-15)4(10-14)2(1-8-13)9-6(3)12-16/h3-7,17-20H,2,13-16H2,1H3;2-7H,1,13-16H2. The van der Waals surface area contributed by atoms with E-state index >= 15 is 0 Å². The summed E-state index contributed by atoms with van der Waals surface area (Å²) in [5.74, 6) is 0. The third-order valence-electron chi connectivity index (χ3n) is 5.13. The molecule has 0 spiro atoms. The van der Waals surface area contributed by atoms with Crippen molar-refractivity contribution in [1.29, 1.82) is 0 Å². The quantitative estimate of drug-likeness (QED) is 0.264. The fourth-order valence-corrected chi connectivity index (χ4v) is 7.97. The number of hydrogen-bond donors (Lipinski definition) is 1. The van der Waals surface area contributed by atoms with Gasteiger partial charge in [-0.2, -0.15) is 0 Å². The van der Waals surface area contributed by atoms with Gasteiger partial charge in [0.15, 0.2) is 6.29 Å². The maximum absolute atomic E-state index is 9.88. The van der Waals surface area contributed by atoms with E-state index in [-0.39, 0.29) is 37.1 Å². The van der Waals surface area contributed by atoms with Crippen LogP contribution in [0.15, 0.2) is 0 Å². The summed E-state index contributed by atoms with van der Waals surface area (Å²) in [6.07, 6.45) is -3.80. The molecule has 0 aromatic carbocycles. The molecular formula is C13H38O11P12. The van der Waals surface area contributed by atoms with Gasteiger partial charge < -0.3 is 50.8 Å². The Kier molecular flexibility index (Phi) is 24.9. The number of rotatable bonds is 14. The Hall–Kier alpha value is 4.72. The molecule has 2 aliphatic heterocycles. The lowest BCUT2D eigenvalue weighted by atomic mass is 9.96. The molecule has 1 N–H and O–H groups in total. The zero-order valence-electron chi connectivity index (χ0n) is 19.3. The zero-order chi connectivity index (χ0) is 27.1. The van der Waals surface area contributed by atoms with Crippen molar-refractivity contribution in [3.8, 4) is 0 Å². The van der Waals surface area contributed by atoms with E-state index in [1.54, 1.807) is 0 Å². The maximum atomic E-state index is 9.88. The largest absolute Gasteiger partial charge is 0.385 e. The van der Waals surface area contributed by atoms with Crippen LogP contribution in [0.5, 0.6) is 0 Å². The summed E-state index contributed by atoms with van der Waals surface area (Å²) < 4.78 is 54.7. The van der Waals surface area contributed by atoms with Crippen LogP contribution in [0.2, 0.25) is 0 Å². The van der Waals surface area contributed by atoms with Gasteiger partial charge in [0.2, 0.25) is 0 Å². The summed E-state index contributed by atoms with van der Waals surface area (Å²) in [6, 6.07) is 0. The van der Waals surface area contributed by atoms with Crippen molar-refractivity contribution < 1.29 is 50.8 Å². The molecule has 22 unspecified atom stereocenters. The van der Waals surface area contributed by atoms with E-state index in [4.69, 9.17) is 45.7 Å². The molecule has 22 atom stereocenters. The van der Waals surface area contributed by atoms with Crippen LogP contribution < -0.4 is 0 Å². The van der Waals surface area contributed by atoms with Crippen molar-refractivity contribution in [2.75, 3.05) is 13.2 Å². The van der Waals surface area contributed by atoms with Gasteiger partial charge in [-0.3, -0.25) is 0 Å². The van der Waals surface area contributed by atoms with Gasteiger partial charge >= 0.3 is 0 Å². The molecule has 0 amide bonds. The fourth-order valence-electron chi connectivity index (χ4n) is 3.59. The van der Waals surface area contributed by atoms with E-state index in [2.05, 4.69) is 64.1 Å². The molecule has 2 saturated heterocycles. The summed E-state index contributed by atoms with van der Waals surface area (Å²) in [7, 11) is 20.0. The Balaban J connectivity index is 0.000000369. The van der Waals surface area contributed by atoms with Crippen LogP contribution in [0, 0.1) is 0 Å². The highest BCUT2D eigenvalue weighted by molar-refractivity contribution is 8.01. The van der Waals surface area contributed by atoms with E-state index < -0.39 is 30.7 Å². The van der Waals surface area contributed by atoms with Crippen LogP contribution in [0.1, 0.15) is 6.92 Å². The third kappa shape index (κ3) is 12.4. The predicted molar refractivity (Wildman–Crippen MR) is 177 cm³/mol. The SMILES string of the molecule is CC1OC(COPP)C(OPP)C(OPP)C1OPP.OC1C(OP)OC(COP)C(OP)C1OP. The van der Waals surface area contributed by atoms with Gasteiger partial charge in [0.05, 0.1) is 19.3 Å². The number of ether oxygens (including phenoxy) is 2. The van der Waals surface area contributed by atoms with E-state index in [9.17, 15) is 5.11 Å². The number of aliphatic hydroxyl groups is 1. The molecule has 2 fully saturated rings. The summed E-state index contributed by atoms with van der Waals surface area (Å²) in [5, 5.41) is 9.88. The molecule has 0 aromatic heterocycles. The minimum Gasteiger partial charge on any atom is -0.385 e. The van der Waals surface area contributed by atoms with Gasteiger partial charge in [-0.1, -0.05) is 35.7 Å². The van der Waals surface area contributed by atoms with E-state index in [0.717, 1.165) is 0 Å². The van der Waals surface area contributed by atoms with Crippen LogP contribution >= 0.6 is 108 Å². The van der Waals surface area contributed by atoms with Gasteiger partial charge in [-0.25, -0.2) is 0 Å². The van der Waals surface area contributed by atoms with Crippen molar-refractivity contribution in [3.63, 3.8) is 0 Å². The van der Waals surface area contributed by atoms with Crippen LogP contribution in [0.25, 0.3) is 0 Å². The first-order valence-corrected chi connectivity index (χ1v) is 22.9. The fraction of sp³-hybridized carbons (Fsp3) is 1.00. The molecule has 0 radical (unpaired) electrons. The average molecular weight is 742 g/mol. The van der Waals surface area contributed by atoms with Gasteiger partial charge in [0, 0.05) is 71.9 Å². The Morgan fingerprint density at radius 1 is 0.667 bits per heavy atom. The van der Waals surface area contributed by atoms with Gasteiger partial charge in [-0.05, 0) is 6.92 Å². The Labute approximate surface area is 239 Å². The summed E-state index contributed by atoms with van der Waals surface area (Å²) in [4.78, 5) is 0. The Morgan fingerprint density at radius 2 is 1.22 bits per heavy atom. The topological polar surface area (TPSA) is 113 Å². The van der Waals surface area contributed by atoms with Crippen molar-refractivity contribution in [3.05, 3.63) is 0 Å². The number of hydrogen-bond acceptors (Lipinski definition) is 11. The Bertz CT molecular complexity index is 561. The molecule has 0 aromatic rings. The lowest BCUT2D eigenvalue weighted by Gasteiger charge is -2.44. The molecule has 0 aliphatic carbocycles. The van der Waals surface area contributed by atoms with Crippen LogP contribution in [-0.2, 0) is 45.7 Å². The first kappa shape index (κ1) is 38.7. The molecule has 2 rings (SSSR count). The lowest BCUT2D eigenvalue weighted by molar-refractivity contribution is -0.260. The van der Waals surface area contributed by atoms with Crippen molar-refractivity contribution >= 4 is 108 Å². The second-order valence-electron chi connectivity index (χ2n) is 7.11. The minimum atomic E-state index is -0.943. The highest BCUT2D eigenvalue weighted by Gasteiger charge is 2.47. The average Bonchev–Trinajstić information content (AvgIpc) is 2.87. The van der Waals surface area contributed by atoms with Crippen molar-refractivity contribution in [1.82, 2.24) is 0 Å². The molecule has 216 valence electrons. The van der Waals surface area contributed by atoms with Gasteiger partial charge in [-0.15, -0.1) is 0 Å². The summed E-state index contributed by atoms with van der Waals surface area (Å²) in [5.41, 5.74) is 0. The molecule has 2 aliphatic rings. The van der Waals surface area contributed by atoms with Crippen LogP contribution in [0.4, 0.5) is 0 Å². The van der Waals surface area contributed by atoms with Crippen molar-refractivity contribution in [2.45, 2.75) is 68.1 Å².